The first-order valence-electron chi connectivity index (χ1n) is 12.1. The molecular formula is C28H31N5O5. The van der Waals surface area contributed by atoms with Gasteiger partial charge in [0.2, 0.25) is 18.2 Å². The van der Waals surface area contributed by atoms with Gasteiger partial charge in [-0.05, 0) is 55.7 Å². The summed E-state index contributed by atoms with van der Waals surface area (Å²) in [6, 6.07) is 19.7. The highest BCUT2D eigenvalue weighted by Gasteiger charge is 2.18. The predicted octanol–water partition coefficient (Wildman–Crippen LogP) is 4.72. The first-order chi connectivity index (χ1) is 18.3. The van der Waals surface area contributed by atoms with Crippen molar-refractivity contribution in [3.63, 3.8) is 0 Å². The number of aryl methyl sites for hydroxylation is 1. The van der Waals surface area contributed by atoms with Crippen molar-refractivity contribution < 1.29 is 24.2 Å². The zero-order chi connectivity index (χ0) is 27.3. The van der Waals surface area contributed by atoms with Crippen molar-refractivity contribution in [1.82, 2.24) is 20.1 Å². The Balaban J connectivity index is 1.76. The lowest BCUT2D eigenvalue weighted by molar-refractivity contribution is -0.137. The molecule has 1 heterocycles. The zero-order valence-corrected chi connectivity index (χ0v) is 21.4. The number of pyridine rings is 1. The number of benzene rings is 2. The highest BCUT2D eigenvalue weighted by atomic mass is 16.5. The Kier molecular flexibility index (Phi) is 10.3. The van der Waals surface area contributed by atoms with E-state index in [1.807, 2.05) is 37.3 Å². The van der Waals surface area contributed by atoms with Crippen LogP contribution in [-0.4, -0.2) is 57.9 Å². The SMILES string of the molecule is Cc1ccc(CN(C)C(=Nc2ccc(Oc3ccccn3)cc2)NC(=O)N(C=O)CCCCC(=O)O)cc1. The van der Waals surface area contributed by atoms with Crippen LogP contribution in [0.5, 0.6) is 11.6 Å². The van der Waals surface area contributed by atoms with Crippen molar-refractivity contribution in [3.05, 3.63) is 84.1 Å². The van der Waals surface area contributed by atoms with Crippen molar-refractivity contribution in [2.45, 2.75) is 32.7 Å². The molecule has 3 aromatic rings. The average Bonchev–Trinajstić information content (AvgIpc) is 2.91. The van der Waals surface area contributed by atoms with E-state index in [-0.39, 0.29) is 18.9 Å². The standard InChI is InChI=1S/C28H31N5O5/c1-21-9-11-22(12-10-21)19-32(2)27(31-28(37)33(20-34)18-6-4-8-26(35)36)30-23-13-15-24(16-14-23)38-25-7-3-5-17-29-25/h3,5,7,9-17,20H,4,6,8,18-19H2,1-2H3,(H,35,36)(H,30,31,37). The van der Waals surface area contributed by atoms with Gasteiger partial charge < -0.3 is 14.7 Å². The van der Waals surface area contributed by atoms with Gasteiger partial charge in [0.05, 0.1) is 5.69 Å². The van der Waals surface area contributed by atoms with Gasteiger partial charge in [0.25, 0.3) is 0 Å². The molecule has 0 saturated carbocycles. The van der Waals surface area contributed by atoms with E-state index in [0.717, 1.165) is 16.0 Å². The lowest BCUT2D eigenvalue weighted by atomic mass is 10.1. The molecule has 3 rings (SSSR count). The molecule has 0 unspecified atom stereocenters. The number of hydrogen-bond donors (Lipinski definition) is 2. The van der Waals surface area contributed by atoms with E-state index in [0.29, 0.717) is 43.1 Å². The largest absolute Gasteiger partial charge is 0.481 e. The number of hydrogen-bond acceptors (Lipinski definition) is 6. The highest BCUT2D eigenvalue weighted by Crippen LogP contribution is 2.23. The van der Waals surface area contributed by atoms with E-state index in [2.05, 4.69) is 15.3 Å². The smallest absolute Gasteiger partial charge is 0.330 e. The quantitative estimate of drug-likeness (QED) is 0.163. The maximum atomic E-state index is 12.9. The second kappa shape index (κ2) is 14.1. The summed E-state index contributed by atoms with van der Waals surface area (Å²) in [6.07, 6.45) is 2.77. The second-order valence-corrected chi connectivity index (χ2v) is 8.62. The Labute approximate surface area is 221 Å². The lowest BCUT2D eigenvalue weighted by Crippen LogP contribution is -2.48. The van der Waals surface area contributed by atoms with Crippen LogP contribution >= 0.6 is 0 Å². The number of urea groups is 1. The molecule has 2 N–H and O–H groups in total. The Hall–Kier alpha value is -4.73. The number of amides is 3. The summed E-state index contributed by atoms with van der Waals surface area (Å²) < 4.78 is 5.72. The minimum Gasteiger partial charge on any atom is -0.481 e. The fraction of sp³-hybridized carbons (Fsp3) is 0.250. The Morgan fingerprint density at radius 3 is 2.42 bits per heavy atom. The maximum absolute atomic E-state index is 12.9. The van der Waals surface area contributed by atoms with Crippen molar-refractivity contribution in [2.75, 3.05) is 13.6 Å². The third kappa shape index (κ3) is 9.05. The summed E-state index contributed by atoms with van der Waals surface area (Å²) in [5.41, 5.74) is 2.71. The topological polar surface area (TPSA) is 124 Å². The van der Waals surface area contributed by atoms with Crippen LogP contribution in [0, 0.1) is 6.92 Å². The third-order valence-corrected chi connectivity index (χ3v) is 5.48. The van der Waals surface area contributed by atoms with Crippen LogP contribution in [0.2, 0.25) is 0 Å². The molecule has 0 bridgehead atoms. The number of unbranched alkanes of at least 4 members (excludes halogenated alkanes) is 1. The van der Waals surface area contributed by atoms with E-state index in [1.54, 1.807) is 54.5 Å². The summed E-state index contributed by atoms with van der Waals surface area (Å²) in [5, 5.41) is 11.5. The number of rotatable bonds is 11. The van der Waals surface area contributed by atoms with Gasteiger partial charge >= 0.3 is 12.0 Å². The molecule has 198 valence electrons. The van der Waals surface area contributed by atoms with E-state index in [4.69, 9.17) is 9.84 Å². The molecule has 0 atom stereocenters. The molecule has 0 radical (unpaired) electrons. The van der Waals surface area contributed by atoms with Crippen LogP contribution in [-0.2, 0) is 16.1 Å². The first-order valence-corrected chi connectivity index (χ1v) is 12.1. The van der Waals surface area contributed by atoms with Gasteiger partial charge in [-0.2, -0.15) is 0 Å². The molecule has 0 aliphatic carbocycles. The predicted molar refractivity (Wildman–Crippen MR) is 143 cm³/mol. The van der Waals surface area contributed by atoms with Crippen LogP contribution in [0.25, 0.3) is 0 Å². The summed E-state index contributed by atoms with van der Waals surface area (Å²) in [6.45, 7) is 2.56. The fourth-order valence-corrected chi connectivity index (χ4v) is 3.42. The third-order valence-electron chi connectivity index (χ3n) is 5.48. The molecule has 0 saturated heterocycles. The Morgan fingerprint density at radius 2 is 1.79 bits per heavy atom. The average molecular weight is 518 g/mol. The highest BCUT2D eigenvalue weighted by molar-refractivity contribution is 6.00. The van der Waals surface area contributed by atoms with Gasteiger partial charge in [0.15, 0.2) is 0 Å². The van der Waals surface area contributed by atoms with Crippen molar-refractivity contribution in [3.8, 4) is 11.6 Å². The van der Waals surface area contributed by atoms with Gasteiger partial charge in [-0.25, -0.2) is 14.8 Å². The summed E-state index contributed by atoms with van der Waals surface area (Å²) >= 11 is 0. The molecule has 2 aromatic carbocycles. The second-order valence-electron chi connectivity index (χ2n) is 8.62. The molecule has 0 spiro atoms. The van der Waals surface area contributed by atoms with E-state index in [9.17, 15) is 14.4 Å². The first kappa shape index (κ1) is 27.9. The maximum Gasteiger partial charge on any atom is 0.330 e. The number of nitrogens with one attached hydrogen (secondary N) is 1. The van der Waals surface area contributed by atoms with Gasteiger partial charge in [-0.3, -0.25) is 19.8 Å². The Bertz CT molecular complexity index is 1230. The van der Waals surface area contributed by atoms with Gasteiger partial charge in [0.1, 0.15) is 5.75 Å². The fourth-order valence-electron chi connectivity index (χ4n) is 3.42. The summed E-state index contributed by atoms with van der Waals surface area (Å²) in [5.74, 6) is 0.364. The van der Waals surface area contributed by atoms with Crippen molar-refractivity contribution in [2.24, 2.45) is 4.99 Å². The normalized spacial score (nSPS) is 10.9. The van der Waals surface area contributed by atoms with Crippen molar-refractivity contribution in [1.29, 1.82) is 0 Å². The van der Waals surface area contributed by atoms with Crippen LogP contribution in [0.4, 0.5) is 10.5 Å². The zero-order valence-electron chi connectivity index (χ0n) is 21.4. The van der Waals surface area contributed by atoms with Crippen LogP contribution in [0.1, 0.15) is 30.4 Å². The van der Waals surface area contributed by atoms with E-state index >= 15 is 0 Å². The number of carbonyl (C=O) groups excluding carboxylic acids is 2. The van der Waals surface area contributed by atoms with Crippen molar-refractivity contribution >= 4 is 30.1 Å². The summed E-state index contributed by atoms with van der Waals surface area (Å²) in [4.78, 5) is 46.7. The van der Waals surface area contributed by atoms with Gasteiger partial charge in [0, 0.05) is 38.8 Å². The van der Waals surface area contributed by atoms with Crippen LogP contribution in [0.3, 0.4) is 0 Å². The van der Waals surface area contributed by atoms with Crippen LogP contribution in [0.15, 0.2) is 77.9 Å². The summed E-state index contributed by atoms with van der Waals surface area (Å²) in [7, 11) is 1.79. The minimum absolute atomic E-state index is 0.0274. The van der Waals surface area contributed by atoms with Crippen LogP contribution < -0.4 is 10.1 Å². The number of carboxylic acids is 1. The van der Waals surface area contributed by atoms with E-state index < -0.39 is 12.0 Å². The number of carbonyl (C=O) groups is 3. The molecule has 0 aliphatic heterocycles. The molecule has 38 heavy (non-hydrogen) atoms. The van der Waals surface area contributed by atoms with Gasteiger partial charge in [-0.15, -0.1) is 0 Å². The van der Waals surface area contributed by atoms with E-state index in [1.165, 1.54) is 0 Å². The monoisotopic (exact) mass is 517 g/mol. The number of nitrogens with zero attached hydrogens (tertiary/aromatic N) is 4. The Morgan fingerprint density at radius 1 is 1.05 bits per heavy atom. The molecule has 0 fully saturated rings. The lowest BCUT2D eigenvalue weighted by Gasteiger charge is -2.24. The number of aromatic nitrogens is 1. The molecule has 3 amide bonds. The molecule has 10 heteroatoms. The molecule has 10 nitrogen and oxygen atoms in total. The van der Waals surface area contributed by atoms with Gasteiger partial charge in [-0.1, -0.05) is 35.9 Å². The number of aliphatic carboxylic acids is 1. The number of imide groups is 1. The molecular weight excluding hydrogens is 486 g/mol. The number of guanidine groups is 1. The molecule has 1 aromatic heterocycles. The number of carboxylic acid groups (broad SMARTS) is 1. The number of ether oxygens (including phenoxy) is 1. The minimum atomic E-state index is -0.921. The molecule has 0 aliphatic rings. The number of aliphatic imine (C=N–C) groups is 1.